The van der Waals surface area contributed by atoms with E-state index in [1.54, 1.807) is 12.1 Å². The van der Waals surface area contributed by atoms with Crippen molar-refractivity contribution < 1.29 is 18.3 Å². The summed E-state index contributed by atoms with van der Waals surface area (Å²) in [6.45, 7) is 4.39. The van der Waals surface area contributed by atoms with Gasteiger partial charge >= 0.3 is 0 Å². The molecule has 0 aliphatic carbocycles. The standard InChI is InChI=1S/C21H26ClNO4S/c1-21(24)15-23(11-10-16-4-3-5-18(22)12-16)13-17(21)14-27-19-6-8-20(9-7-19)28(2,25)26/h3-9,12,17,24H,10-11,13-15H2,1-2H3/t17-,21-/m1/s1. The number of nitrogens with zero attached hydrogens (tertiary/aromatic N) is 1. The topological polar surface area (TPSA) is 66.8 Å². The second kappa shape index (κ2) is 8.41. The Kier molecular flexibility index (Phi) is 6.34. The van der Waals surface area contributed by atoms with Gasteiger partial charge in [-0.25, -0.2) is 8.42 Å². The minimum atomic E-state index is -3.22. The van der Waals surface area contributed by atoms with Crippen LogP contribution in [0.3, 0.4) is 0 Å². The molecule has 1 fully saturated rings. The summed E-state index contributed by atoms with van der Waals surface area (Å²) in [5.41, 5.74) is 0.346. The number of likely N-dealkylation sites (tertiary alicyclic amines) is 1. The van der Waals surface area contributed by atoms with Gasteiger partial charge in [-0.3, -0.25) is 4.90 Å². The number of rotatable bonds is 7. The normalized spacial score (nSPS) is 23.1. The van der Waals surface area contributed by atoms with E-state index in [0.29, 0.717) is 18.9 Å². The molecule has 1 aliphatic heterocycles. The molecule has 0 unspecified atom stereocenters. The van der Waals surface area contributed by atoms with Crippen molar-refractivity contribution in [2.75, 3.05) is 32.5 Å². The molecule has 3 rings (SSSR count). The Bertz CT molecular complexity index is 912. The van der Waals surface area contributed by atoms with E-state index in [1.807, 2.05) is 25.1 Å². The van der Waals surface area contributed by atoms with Gasteiger partial charge < -0.3 is 9.84 Å². The van der Waals surface area contributed by atoms with E-state index in [2.05, 4.69) is 11.0 Å². The van der Waals surface area contributed by atoms with Crippen LogP contribution in [0, 0.1) is 5.92 Å². The van der Waals surface area contributed by atoms with Crippen LogP contribution in [-0.4, -0.2) is 56.5 Å². The zero-order valence-corrected chi connectivity index (χ0v) is 17.7. The Balaban J connectivity index is 1.54. The average molecular weight is 424 g/mol. The molecular weight excluding hydrogens is 398 g/mol. The highest BCUT2D eigenvalue weighted by atomic mass is 35.5. The van der Waals surface area contributed by atoms with Crippen LogP contribution >= 0.6 is 11.6 Å². The summed E-state index contributed by atoms with van der Waals surface area (Å²) < 4.78 is 28.9. The number of ether oxygens (including phenoxy) is 1. The van der Waals surface area contributed by atoms with Crippen molar-refractivity contribution in [3.63, 3.8) is 0 Å². The van der Waals surface area contributed by atoms with Gasteiger partial charge in [0.05, 0.1) is 17.1 Å². The quantitative estimate of drug-likeness (QED) is 0.741. The van der Waals surface area contributed by atoms with Crippen LogP contribution in [0.15, 0.2) is 53.4 Å². The van der Waals surface area contributed by atoms with Gasteiger partial charge in [-0.2, -0.15) is 0 Å². The zero-order chi connectivity index (χ0) is 20.4. The highest BCUT2D eigenvalue weighted by molar-refractivity contribution is 7.90. The van der Waals surface area contributed by atoms with Gasteiger partial charge in [-0.1, -0.05) is 23.7 Å². The third-order valence-corrected chi connectivity index (χ3v) is 6.57. The van der Waals surface area contributed by atoms with Crippen molar-refractivity contribution >= 4 is 21.4 Å². The molecule has 0 radical (unpaired) electrons. The number of hydrogen-bond donors (Lipinski definition) is 1. The van der Waals surface area contributed by atoms with E-state index in [9.17, 15) is 13.5 Å². The molecule has 0 amide bonds. The first-order valence-electron chi connectivity index (χ1n) is 9.25. The van der Waals surface area contributed by atoms with Gasteiger partial charge in [0, 0.05) is 36.8 Å². The lowest BCUT2D eigenvalue weighted by Gasteiger charge is -2.24. The van der Waals surface area contributed by atoms with Crippen molar-refractivity contribution in [3.8, 4) is 5.75 Å². The Morgan fingerprint density at radius 1 is 1.25 bits per heavy atom. The third-order valence-electron chi connectivity index (χ3n) is 5.21. The molecule has 1 saturated heterocycles. The van der Waals surface area contributed by atoms with E-state index in [1.165, 1.54) is 24.0 Å². The Labute approximate surface area is 171 Å². The first-order valence-corrected chi connectivity index (χ1v) is 11.5. The summed E-state index contributed by atoms with van der Waals surface area (Å²) >= 11 is 6.04. The molecule has 2 atom stereocenters. The third kappa shape index (κ3) is 5.47. The van der Waals surface area contributed by atoms with E-state index in [4.69, 9.17) is 16.3 Å². The van der Waals surface area contributed by atoms with Gasteiger partial charge in [-0.15, -0.1) is 0 Å². The van der Waals surface area contributed by atoms with Crippen LogP contribution in [0.1, 0.15) is 12.5 Å². The van der Waals surface area contributed by atoms with Gasteiger partial charge in [0.2, 0.25) is 0 Å². The Hall–Kier alpha value is -1.60. The molecule has 0 bridgehead atoms. The van der Waals surface area contributed by atoms with Gasteiger partial charge in [0.15, 0.2) is 9.84 Å². The van der Waals surface area contributed by atoms with Crippen molar-refractivity contribution in [1.29, 1.82) is 0 Å². The molecule has 0 saturated carbocycles. The van der Waals surface area contributed by atoms with Crippen molar-refractivity contribution in [1.82, 2.24) is 4.90 Å². The molecule has 2 aromatic rings. The van der Waals surface area contributed by atoms with E-state index >= 15 is 0 Å². The first-order chi connectivity index (χ1) is 13.1. The highest BCUT2D eigenvalue weighted by Crippen LogP contribution is 2.29. The maximum absolute atomic E-state index is 11.5. The minimum Gasteiger partial charge on any atom is -0.493 e. The fraction of sp³-hybridized carbons (Fsp3) is 0.429. The summed E-state index contributed by atoms with van der Waals surface area (Å²) in [5, 5.41) is 11.5. The largest absolute Gasteiger partial charge is 0.493 e. The molecule has 1 aliphatic rings. The summed E-state index contributed by atoms with van der Waals surface area (Å²) in [5.74, 6) is 0.571. The van der Waals surface area contributed by atoms with Crippen LogP contribution < -0.4 is 4.74 Å². The fourth-order valence-electron chi connectivity index (χ4n) is 3.52. The SMILES string of the molecule is C[C@@]1(O)CN(CCc2cccc(Cl)c2)C[C@@H]1COc1ccc(S(C)(=O)=O)cc1. The molecule has 7 heteroatoms. The lowest BCUT2D eigenvalue weighted by atomic mass is 9.94. The molecule has 152 valence electrons. The summed E-state index contributed by atoms with van der Waals surface area (Å²) in [7, 11) is -3.22. The number of aliphatic hydroxyl groups is 1. The summed E-state index contributed by atoms with van der Waals surface area (Å²) in [6, 6.07) is 14.2. The van der Waals surface area contributed by atoms with Gasteiger partial charge in [0.25, 0.3) is 0 Å². The lowest BCUT2D eigenvalue weighted by Crippen LogP contribution is -2.37. The Morgan fingerprint density at radius 2 is 1.96 bits per heavy atom. The van der Waals surface area contributed by atoms with Crippen molar-refractivity contribution in [2.45, 2.75) is 23.8 Å². The molecule has 5 nitrogen and oxygen atoms in total. The Morgan fingerprint density at radius 3 is 2.61 bits per heavy atom. The van der Waals surface area contributed by atoms with Crippen molar-refractivity contribution in [2.24, 2.45) is 5.92 Å². The average Bonchev–Trinajstić information content (AvgIpc) is 2.91. The van der Waals surface area contributed by atoms with E-state index < -0.39 is 15.4 Å². The number of hydrogen-bond acceptors (Lipinski definition) is 5. The summed E-state index contributed by atoms with van der Waals surface area (Å²) in [6.07, 6.45) is 2.05. The van der Waals surface area contributed by atoms with Gasteiger partial charge in [-0.05, 0) is 55.3 Å². The van der Waals surface area contributed by atoms with Crippen molar-refractivity contribution in [3.05, 3.63) is 59.1 Å². The molecule has 0 aromatic heterocycles. The second-order valence-corrected chi connectivity index (χ2v) is 10.2. The maximum atomic E-state index is 11.5. The predicted octanol–water partition coefficient (Wildman–Crippen LogP) is 3.05. The predicted molar refractivity (Wildman–Crippen MR) is 111 cm³/mol. The number of halogens is 1. The fourth-order valence-corrected chi connectivity index (χ4v) is 4.36. The zero-order valence-electron chi connectivity index (χ0n) is 16.1. The van der Waals surface area contributed by atoms with E-state index in [-0.39, 0.29) is 10.8 Å². The van der Waals surface area contributed by atoms with Crippen LogP contribution in [0.25, 0.3) is 0 Å². The van der Waals surface area contributed by atoms with Crippen LogP contribution in [0.4, 0.5) is 0 Å². The number of β-amino-alcohol motifs (C(OH)–C–C–N with tert-alkyl or cyclic N) is 1. The van der Waals surface area contributed by atoms with E-state index in [0.717, 1.165) is 24.5 Å². The lowest BCUT2D eigenvalue weighted by molar-refractivity contribution is 0.0136. The van der Waals surface area contributed by atoms with Gasteiger partial charge in [0.1, 0.15) is 5.75 Å². The van der Waals surface area contributed by atoms with Crippen LogP contribution in [0.5, 0.6) is 5.75 Å². The molecule has 1 N–H and O–H groups in total. The second-order valence-electron chi connectivity index (χ2n) is 7.72. The molecular formula is C21H26ClNO4S. The summed E-state index contributed by atoms with van der Waals surface area (Å²) in [4.78, 5) is 2.50. The number of sulfone groups is 1. The number of benzene rings is 2. The molecule has 2 aromatic carbocycles. The highest BCUT2D eigenvalue weighted by Gasteiger charge is 2.41. The smallest absolute Gasteiger partial charge is 0.175 e. The molecule has 28 heavy (non-hydrogen) atoms. The molecule has 1 heterocycles. The van der Waals surface area contributed by atoms with Crippen LogP contribution in [-0.2, 0) is 16.3 Å². The molecule has 0 spiro atoms. The minimum absolute atomic E-state index is 0.0264. The monoisotopic (exact) mass is 423 g/mol. The van der Waals surface area contributed by atoms with Crippen LogP contribution in [0.2, 0.25) is 5.02 Å². The first kappa shape index (κ1) is 21.1. The maximum Gasteiger partial charge on any atom is 0.175 e.